The number of aromatic nitrogens is 4. The lowest BCUT2D eigenvalue weighted by atomic mass is 10.1. The molecule has 0 amide bonds. The van der Waals surface area contributed by atoms with Crippen molar-refractivity contribution in [2.24, 2.45) is 7.05 Å². The lowest BCUT2D eigenvalue weighted by molar-refractivity contribution is 0.101. The van der Waals surface area contributed by atoms with Gasteiger partial charge in [-0.2, -0.15) is 0 Å². The maximum Gasteiger partial charge on any atom is 0.264 e. The summed E-state index contributed by atoms with van der Waals surface area (Å²) >= 11 is 0. The molecule has 3 aromatic heterocycles. The molecule has 8 nitrogen and oxygen atoms in total. The molecule has 1 N–H and O–H groups in total. The molecule has 0 spiro atoms. The van der Waals surface area contributed by atoms with Crippen LogP contribution in [0.5, 0.6) is 0 Å². The summed E-state index contributed by atoms with van der Waals surface area (Å²) in [5.41, 5.74) is 2.09. The maximum absolute atomic E-state index is 12.5. The molecular formula is C18H19N5O3. The van der Waals surface area contributed by atoms with Crippen molar-refractivity contribution >= 4 is 22.5 Å². The van der Waals surface area contributed by atoms with Crippen molar-refractivity contribution in [1.29, 1.82) is 0 Å². The van der Waals surface area contributed by atoms with Crippen molar-refractivity contribution in [3.8, 4) is 11.3 Å². The number of ether oxygens (including phenoxy) is 1. The predicted octanol–water partition coefficient (Wildman–Crippen LogP) is 1.65. The molecule has 0 atom stereocenters. The average Bonchev–Trinajstić information content (AvgIpc) is 2.64. The number of Topliss-reactive ketones (excluding diaryl/α,β-unsaturated/α-hetero) is 1. The second kappa shape index (κ2) is 7.40. The van der Waals surface area contributed by atoms with Gasteiger partial charge in [-0.25, -0.2) is 9.97 Å². The number of aryl methyl sites for hydroxylation is 1. The summed E-state index contributed by atoms with van der Waals surface area (Å²) in [5, 5.41) is 3.55. The molecule has 0 fully saturated rings. The van der Waals surface area contributed by atoms with E-state index < -0.39 is 0 Å². The first-order valence-corrected chi connectivity index (χ1v) is 8.08. The topological polar surface area (TPSA) is 99.0 Å². The molecule has 0 saturated carbocycles. The number of hydrogen-bond donors (Lipinski definition) is 1. The van der Waals surface area contributed by atoms with Gasteiger partial charge >= 0.3 is 0 Å². The van der Waals surface area contributed by atoms with Gasteiger partial charge in [0.2, 0.25) is 0 Å². The second-order valence-corrected chi connectivity index (χ2v) is 5.82. The van der Waals surface area contributed by atoms with E-state index in [2.05, 4.69) is 20.3 Å². The van der Waals surface area contributed by atoms with Crippen LogP contribution < -0.4 is 10.9 Å². The molecule has 3 rings (SSSR count). The Morgan fingerprint density at radius 3 is 2.77 bits per heavy atom. The number of anilines is 1. The van der Waals surface area contributed by atoms with Crippen molar-refractivity contribution in [2.45, 2.75) is 6.92 Å². The quantitative estimate of drug-likeness (QED) is 0.531. The smallest absolute Gasteiger partial charge is 0.264 e. The second-order valence-electron chi connectivity index (χ2n) is 5.82. The van der Waals surface area contributed by atoms with Gasteiger partial charge in [-0.05, 0) is 18.2 Å². The molecule has 0 bridgehead atoms. The number of hydrogen-bond acceptors (Lipinski definition) is 7. The summed E-state index contributed by atoms with van der Waals surface area (Å²) in [4.78, 5) is 37.0. The minimum atomic E-state index is -0.181. The summed E-state index contributed by atoms with van der Waals surface area (Å²) in [7, 11) is 3.25. The van der Waals surface area contributed by atoms with E-state index in [9.17, 15) is 9.59 Å². The highest BCUT2D eigenvalue weighted by molar-refractivity contribution is 5.93. The van der Waals surface area contributed by atoms with Crippen LogP contribution in [-0.2, 0) is 11.8 Å². The van der Waals surface area contributed by atoms with E-state index in [1.54, 1.807) is 38.6 Å². The third kappa shape index (κ3) is 3.45. The van der Waals surface area contributed by atoms with Crippen molar-refractivity contribution in [1.82, 2.24) is 19.5 Å². The fraction of sp³-hybridized carbons (Fsp3) is 0.278. The first-order chi connectivity index (χ1) is 12.5. The molecule has 0 unspecified atom stereocenters. The van der Waals surface area contributed by atoms with Crippen LogP contribution in [0.3, 0.4) is 0 Å². The molecule has 0 aliphatic carbocycles. The van der Waals surface area contributed by atoms with E-state index in [0.29, 0.717) is 41.3 Å². The van der Waals surface area contributed by atoms with E-state index in [4.69, 9.17) is 4.74 Å². The standard InChI is InChI=1S/C18H19N5O3/c1-11(24)13-5-4-12(9-20-13)14-8-15-16(18(25)23(2)10-21-15)17(22-14)19-6-7-26-3/h4-5,8-10H,6-7H2,1-3H3,(H,19,22). The van der Waals surface area contributed by atoms with Crippen molar-refractivity contribution < 1.29 is 9.53 Å². The molecule has 0 radical (unpaired) electrons. The maximum atomic E-state index is 12.5. The first-order valence-electron chi connectivity index (χ1n) is 8.08. The number of nitrogens with zero attached hydrogens (tertiary/aromatic N) is 4. The van der Waals surface area contributed by atoms with E-state index in [0.717, 1.165) is 5.56 Å². The van der Waals surface area contributed by atoms with Crippen LogP contribution in [0, 0.1) is 0 Å². The fourth-order valence-corrected chi connectivity index (χ4v) is 2.52. The lowest BCUT2D eigenvalue weighted by Gasteiger charge is -2.11. The number of ketones is 1. The number of carbonyl (C=O) groups is 1. The lowest BCUT2D eigenvalue weighted by Crippen LogP contribution is -2.20. The van der Waals surface area contributed by atoms with Crippen molar-refractivity contribution in [2.75, 3.05) is 25.6 Å². The molecule has 8 heteroatoms. The van der Waals surface area contributed by atoms with Gasteiger partial charge in [0.15, 0.2) is 5.78 Å². The van der Waals surface area contributed by atoms with Gasteiger partial charge in [0, 0.05) is 39.4 Å². The van der Waals surface area contributed by atoms with Gasteiger partial charge in [-0.15, -0.1) is 0 Å². The summed E-state index contributed by atoms with van der Waals surface area (Å²) in [5.74, 6) is 0.342. The van der Waals surface area contributed by atoms with E-state index in [-0.39, 0.29) is 11.3 Å². The highest BCUT2D eigenvalue weighted by atomic mass is 16.5. The largest absolute Gasteiger partial charge is 0.383 e. The molecular weight excluding hydrogens is 334 g/mol. The van der Waals surface area contributed by atoms with E-state index in [1.165, 1.54) is 17.8 Å². The Labute approximate surface area is 149 Å². The summed E-state index contributed by atoms with van der Waals surface area (Å²) < 4.78 is 6.46. The van der Waals surface area contributed by atoms with Gasteiger partial charge in [0.25, 0.3) is 5.56 Å². The molecule has 134 valence electrons. The Hall–Kier alpha value is -3.13. The van der Waals surface area contributed by atoms with Gasteiger partial charge < -0.3 is 14.6 Å². The van der Waals surface area contributed by atoms with Gasteiger partial charge in [0.05, 0.1) is 24.1 Å². The third-order valence-corrected chi connectivity index (χ3v) is 3.92. The summed E-state index contributed by atoms with van der Waals surface area (Å²) in [6, 6.07) is 5.17. The highest BCUT2D eigenvalue weighted by Crippen LogP contribution is 2.24. The molecule has 26 heavy (non-hydrogen) atoms. The zero-order valence-corrected chi connectivity index (χ0v) is 14.8. The summed E-state index contributed by atoms with van der Waals surface area (Å²) in [6.45, 7) is 2.44. The fourth-order valence-electron chi connectivity index (χ4n) is 2.52. The van der Waals surface area contributed by atoms with Crippen LogP contribution in [0.1, 0.15) is 17.4 Å². The third-order valence-electron chi connectivity index (χ3n) is 3.92. The molecule has 3 heterocycles. The number of pyridine rings is 2. The molecule has 0 aromatic carbocycles. The molecule has 0 saturated heterocycles. The van der Waals surface area contributed by atoms with Crippen molar-refractivity contribution in [3.05, 3.63) is 46.8 Å². The number of methoxy groups -OCH3 is 1. The average molecular weight is 353 g/mol. The Bertz CT molecular complexity index is 1010. The van der Waals surface area contributed by atoms with Gasteiger partial charge in [-0.1, -0.05) is 0 Å². The Balaban J connectivity index is 2.13. The zero-order valence-electron chi connectivity index (χ0n) is 14.8. The van der Waals surface area contributed by atoms with E-state index in [1.807, 2.05) is 0 Å². The Morgan fingerprint density at radius 2 is 2.12 bits per heavy atom. The number of carbonyl (C=O) groups excluding carboxylic acids is 1. The van der Waals surface area contributed by atoms with E-state index >= 15 is 0 Å². The first kappa shape index (κ1) is 17.7. The predicted molar refractivity (Wildman–Crippen MR) is 98.4 cm³/mol. The van der Waals surface area contributed by atoms with Crippen molar-refractivity contribution in [3.63, 3.8) is 0 Å². The highest BCUT2D eigenvalue weighted by Gasteiger charge is 2.13. The number of rotatable bonds is 6. The Kier molecular flexibility index (Phi) is 5.04. The number of fused-ring (bicyclic) bond motifs is 1. The van der Waals surface area contributed by atoms with Crippen LogP contribution in [-0.4, -0.2) is 45.6 Å². The zero-order chi connectivity index (χ0) is 18.7. The van der Waals surface area contributed by atoms with Gasteiger partial charge in [-0.3, -0.25) is 14.6 Å². The monoisotopic (exact) mass is 353 g/mol. The van der Waals surface area contributed by atoms with Gasteiger partial charge in [0.1, 0.15) is 16.9 Å². The van der Waals surface area contributed by atoms with Crippen LogP contribution in [0.25, 0.3) is 22.2 Å². The minimum absolute atomic E-state index is 0.102. The van der Waals surface area contributed by atoms with Crippen LogP contribution in [0.2, 0.25) is 0 Å². The SMILES string of the molecule is COCCNc1nc(-c2ccc(C(C)=O)nc2)cc2ncn(C)c(=O)c12. The number of nitrogens with one attached hydrogen (secondary N) is 1. The normalized spacial score (nSPS) is 10.9. The molecule has 0 aliphatic rings. The minimum Gasteiger partial charge on any atom is -0.383 e. The molecule has 0 aliphatic heterocycles. The molecule has 3 aromatic rings. The van der Waals surface area contributed by atoms with Crippen LogP contribution >= 0.6 is 0 Å². The summed E-state index contributed by atoms with van der Waals surface area (Å²) in [6.07, 6.45) is 3.06. The Morgan fingerprint density at radius 1 is 1.31 bits per heavy atom. The van der Waals surface area contributed by atoms with Crippen LogP contribution in [0.4, 0.5) is 5.82 Å². The van der Waals surface area contributed by atoms with Crippen LogP contribution in [0.15, 0.2) is 35.5 Å².